The molecule has 0 aliphatic heterocycles. The molecule has 3 heteroatoms. The van der Waals surface area contributed by atoms with Crippen LogP contribution in [0.15, 0.2) is 4.99 Å². The number of hydrogen-bond acceptors (Lipinski definition) is 3. The Bertz CT molecular complexity index is 188. The predicted molar refractivity (Wildman–Crippen MR) is 58.8 cm³/mol. The van der Waals surface area contributed by atoms with Crippen LogP contribution in [0, 0.1) is 0 Å². The summed E-state index contributed by atoms with van der Waals surface area (Å²) < 4.78 is 4.82. The fourth-order valence-corrected chi connectivity index (χ4v) is 1.11. The minimum atomic E-state index is -0.177. The van der Waals surface area contributed by atoms with Gasteiger partial charge in [-0.25, -0.2) is 0 Å². The van der Waals surface area contributed by atoms with Crippen LogP contribution in [0.2, 0.25) is 0 Å². The second kappa shape index (κ2) is 8.73. The number of esters is 1. The Morgan fingerprint density at radius 3 is 2.57 bits per heavy atom. The van der Waals surface area contributed by atoms with Crippen LogP contribution in [0.5, 0.6) is 0 Å². The summed E-state index contributed by atoms with van der Waals surface area (Å²) in [5.41, 5.74) is 0.875. The number of carbonyl (C=O) groups is 1. The maximum Gasteiger partial charge on any atom is 0.311 e. The molecule has 0 aromatic rings. The van der Waals surface area contributed by atoms with Crippen molar-refractivity contribution in [3.63, 3.8) is 0 Å². The van der Waals surface area contributed by atoms with E-state index in [4.69, 9.17) is 4.74 Å². The van der Waals surface area contributed by atoms with E-state index in [1.165, 1.54) is 12.8 Å². The van der Waals surface area contributed by atoms with E-state index in [0.717, 1.165) is 18.7 Å². The van der Waals surface area contributed by atoms with E-state index in [1.54, 1.807) is 0 Å². The minimum absolute atomic E-state index is 0.177. The zero-order valence-electron chi connectivity index (χ0n) is 9.51. The largest absolute Gasteiger partial charge is 0.466 e. The van der Waals surface area contributed by atoms with Crippen molar-refractivity contribution in [3.8, 4) is 0 Å². The van der Waals surface area contributed by atoms with E-state index in [2.05, 4.69) is 11.9 Å². The van der Waals surface area contributed by atoms with Gasteiger partial charge in [-0.05, 0) is 20.3 Å². The molecular weight excluding hydrogens is 178 g/mol. The summed E-state index contributed by atoms with van der Waals surface area (Å²) in [5, 5.41) is 0. The molecule has 0 radical (unpaired) electrons. The lowest BCUT2D eigenvalue weighted by molar-refractivity contribution is -0.141. The monoisotopic (exact) mass is 199 g/mol. The van der Waals surface area contributed by atoms with Gasteiger partial charge in [0.1, 0.15) is 0 Å². The van der Waals surface area contributed by atoms with Gasteiger partial charge in [-0.3, -0.25) is 9.79 Å². The summed E-state index contributed by atoms with van der Waals surface area (Å²) in [6.45, 7) is 7.13. The van der Waals surface area contributed by atoms with E-state index in [0.29, 0.717) is 13.0 Å². The maximum atomic E-state index is 11.0. The van der Waals surface area contributed by atoms with Gasteiger partial charge >= 0.3 is 5.97 Å². The zero-order chi connectivity index (χ0) is 10.8. The molecule has 0 saturated heterocycles. The Balaban J connectivity index is 3.60. The van der Waals surface area contributed by atoms with Crippen molar-refractivity contribution in [1.29, 1.82) is 0 Å². The molecule has 0 bridgehead atoms. The van der Waals surface area contributed by atoms with Crippen molar-refractivity contribution in [2.45, 2.75) is 46.5 Å². The number of unbranched alkanes of at least 4 members (excludes halogenated alkanes) is 2. The van der Waals surface area contributed by atoms with Gasteiger partial charge in [0.2, 0.25) is 0 Å². The number of nitrogens with zero attached hydrogens (tertiary/aromatic N) is 1. The number of aliphatic imine (C=N–C) groups is 1. The lowest BCUT2D eigenvalue weighted by Crippen LogP contribution is -2.09. The number of carbonyl (C=O) groups excluding carboxylic acids is 1. The van der Waals surface area contributed by atoms with Crippen LogP contribution < -0.4 is 0 Å². The van der Waals surface area contributed by atoms with Crippen LogP contribution in [-0.4, -0.2) is 24.8 Å². The third-order valence-corrected chi connectivity index (χ3v) is 1.85. The van der Waals surface area contributed by atoms with E-state index < -0.39 is 0 Å². The van der Waals surface area contributed by atoms with Gasteiger partial charge in [0.15, 0.2) is 0 Å². The van der Waals surface area contributed by atoms with Gasteiger partial charge in [-0.1, -0.05) is 19.8 Å². The highest BCUT2D eigenvalue weighted by Crippen LogP contribution is 1.96. The molecule has 0 saturated carbocycles. The predicted octanol–water partition coefficient (Wildman–Crippen LogP) is 2.59. The van der Waals surface area contributed by atoms with E-state index in [9.17, 15) is 4.79 Å². The minimum Gasteiger partial charge on any atom is -0.466 e. The molecule has 0 amide bonds. The van der Waals surface area contributed by atoms with E-state index in [-0.39, 0.29) is 5.97 Å². The SMILES string of the molecule is CCCCCN=C(C)CC(=O)OCC. The van der Waals surface area contributed by atoms with Crippen LogP contribution >= 0.6 is 0 Å². The summed E-state index contributed by atoms with van der Waals surface area (Å²) in [6, 6.07) is 0. The fourth-order valence-electron chi connectivity index (χ4n) is 1.11. The molecule has 0 fully saturated rings. The molecular formula is C11H21NO2. The number of ether oxygens (including phenoxy) is 1. The summed E-state index contributed by atoms with van der Waals surface area (Å²) >= 11 is 0. The molecule has 0 aliphatic carbocycles. The first-order chi connectivity index (χ1) is 6.70. The lowest BCUT2D eigenvalue weighted by Gasteiger charge is -2.01. The average Bonchev–Trinajstić information content (AvgIpc) is 2.13. The third kappa shape index (κ3) is 7.77. The Morgan fingerprint density at radius 2 is 2.00 bits per heavy atom. The molecule has 0 aliphatic rings. The van der Waals surface area contributed by atoms with E-state index in [1.807, 2.05) is 13.8 Å². The highest BCUT2D eigenvalue weighted by Gasteiger charge is 2.02. The van der Waals surface area contributed by atoms with Crippen molar-refractivity contribution in [2.75, 3.05) is 13.2 Å². The molecule has 14 heavy (non-hydrogen) atoms. The molecule has 3 nitrogen and oxygen atoms in total. The van der Waals surface area contributed by atoms with Gasteiger partial charge in [0.25, 0.3) is 0 Å². The highest BCUT2D eigenvalue weighted by molar-refractivity contribution is 5.97. The molecule has 0 N–H and O–H groups in total. The fraction of sp³-hybridized carbons (Fsp3) is 0.818. The first kappa shape index (κ1) is 13.1. The van der Waals surface area contributed by atoms with Crippen LogP contribution in [0.4, 0.5) is 0 Å². The molecule has 0 unspecified atom stereocenters. The van der Waals surface area contributed by atoms with E-state index >= 15 is 0 Å². The molecule has 0 atom stereocenters. The smallest absolute Gasteiger partial charge is 0.311 e. The summed E-state index contributed by atoms with van der Waals surface area (Å²) in [4.78, 5) is 15.3. The number of hydrogen-bond donors (Lipinski definition) is 0. The highest BCUT2D eigenvalue weighted by atomic mass is 16.5. The Morgan fingerprint density at radius 1 is 1.29 bits per heavy atom. The summed E-state index contributed by atoms with van der Waals surface area (Å²) in [6.07, 6.45) is 3.85. The quantitative estimate of drug-likeness (QED) is 0.359. The van der Waals surface area contributed by atoms with Gasteiger partial charge < -0.3 is 4.74 Å². The van der Waals surface area contributed by atoms with Gasteiger partial charge in [-0.15, -0.1) is 0 Å². The Hall–Kier alpha value is -0.860. The third-order valence-electron chi connectivity index (χ3n) is 1.85. The molecule has 0 spiro atoms. The average molecular weight is 199 g/mol. The first-order valence-electron chi connectivity index (χ1n) is 5.36. The van der Waals surface area contributed by atoms with Gasteiger partial charge in [0.05, 0.1) is 13.0 Å². The molecule has 82 valence electrons. The second-order valence-corrected chi connectivity index (χ2v) is 3.31. The standard InChI is InChI=1S/C11H21NO2/c1-4-6-7-8-12-10(3)9-11(13)14-5-2/h4-9H2,1-3H3. The maximum absolute atomic E-state index is 11.0. The van der Waals surface area contributed by atoms with Crippen molar-refractivity contribution < 1.29 is 9.53 Å². The topological polar surface area (TPSA) is 38.7 Å². The van der Waals surface area contributed by atoms with Gasteiger partial charge in [0, 0.05) is 12.3 Å². The molecule has 0 heterocycles. The van der Waals surface area contributed by atoms with Crippen LogP contribution in [0.1, 0.15) is 46.5 Å². The van der Waals surface area contributed by atoms with Crippen molar-refractivity contribution in [1.82, 2.24) is 0 Å². The Kier molecular flexibility index (Phi) is 8.19. The normalized spacial score (nSPS) is 11.5. The lowest BCUT2D eigenvalue weighted by atomic mass is 10.2. The zero-order valence-corrected chi connectivity index (χ0v) is 9.51. The second-order valence-electron chi connectivity index (χ2n) is 3.31. The summed E-state index contributed by atoms with van der Waals surface area (Å²) in [5.74, 6) is -0.177. The summed E-state index contributed by atoms with van der Waals surface area (Å²) in [7, 11) is 0. The molecule has 0 rings (SSSR count). The molecule has 0 aromatic carbocycles. The van der Waals surface area contributed by atoms with Crippen molar-refractivity contribution in [3.05, 3.63) is 0 Å². The Labute approximate surface area is 86.6 Å². The first-order valence-corrected chi connectivity index (χ1v) is 5.36. The molecule has 0 aromatic heterocycles. The van der Waals surface area contributed by atoms with Crippen LogP contribution in [-0.2, 0) is 9.53 Å². The van der Waals surface area contributed by atoms with Gasteiger partial charge in [-0.2, -0.15) is 0 Å². The van der Waals surface area contributed by atoms with Crippen molar-refractivity contribution in [2.24, 2.45) is 4.99 Å². The van der Waals surface area contributed by atoms with Crippen LogP contribution in [0.25, 0.3) is 0 Å². The van der Waals surface area contributed by atoms with Crippen LogP contribution in [0.3, 0.4) is 0 Å². The number of rotatable bonds is 7. The van der Waals surface area contributed by atoms with Crippen molar-refractivity contribution >= 4 is 11.7 Å².